The highest BCUT2D eigenvalue weighted by Gasteiger charge is 2.26. The van der Waals surface area contributed by atoms with Gasteiger partial charge in [-0.05, 0) is 68.5 Å². The van der Waals surface area contributed by atoms with Gasteiger partial charge < -0.3 is 20.3 Å². The number of ether oxygens (including phenoxy) is 1. The molecule has 1 fully saturated rings. The molecule has 1 aliphatic heterocycles. The Kier molecular flexibility index (Phi) is 7.93. The van der Waals surface area contributed by atoms with Gasteiger partial charge in [-0.2, -0.15) is 0 Å². The molecular formula is C25H33N3O3. The van der Waals surface area contributed by atoms with E-state index < -0.39 is 6.04 Å². The van der Waals surface area contributed by atoms with Gasteiger partial charge in [0.1, 0.15) is 11.8 Å². The second-order valence-corrected chi connectivity index (χ2v) is 8.21. The topological polar surface area (TPSA) is 70.7 Å². The Morgan fingerprint density at radius 2 is 1.68 bits per heavy atom. The third-order valence-electron chi connectivity index (χ3n) is 5.52. The lowest BCUT2D eigenvalue weighted by Crippen LogP contribution is -2.47. The quantitative estimate of drug-likeness (QED) is 0.657. The van der Waals surface area contributed by atoms with Crippen molar-refractivity contribution in [2.75, 3.05) is 29.9 Å². The number of carbonyl (C=O) groups excluding carboxylic acids is 2. The highest BCUT2D eigenvalue weighted by atomic mass is 16.5. The molecule has 1 heterocycles. The lowest BCUT2D eigenvalue weighted by Gasteiger charge is -2.29. The second-order valence-electron chi connectivity index (χ2n) is 8.21. The van der Waals surface area contributed by atoms with Crippen LogP contribution in [-0.2, 0) is 4.79 Å². The summed E-state index contributed by atoms with van der Waals surface area (Å²) in [7, 11) is 0. The zero-order valence-corrected chi connectivity index (χ0v) is 18.7. The van der Waals surface area contributed by atoms with Gasteiger partial charge in [-0.15, -0.1) is 0 Å². The molecule has 2 N–H and O–H groups in total. The minimum Gasteiger partial charge on any atom is -0.493 e. The van der Waals surface area contributed by atoms with Crippen molar-refractivity contribution in [1.82, 2.24) is 5.32 Å². The highest BCUT2D eigenvalue weighted by molar-refractivity contribution is 6.02. The first kappa shape index (κ1) is 22.7. The van der Waals surface area contributed by atoms with Crippen LogP contribution in [0.3, 0.4) is 0 Å². The van der Waals surface area contributed by atoms with Gasteiger partial charge in [-0.3, -0.25) is 9.59 Å². The van der Waals surface area contributed by atoms with Gasteiger partial charge >= 0.3 is 0 Å². The van der Waals surface area contributed by atoms with Crippen LogP contribution in [0.2, 0.25) is 0 Å². The zero-order valence-electron chi connectivity index (χ0n) is 18.7. The molecule has 2 aromatic rings. The maximum atomic E-state index is 13.0. The molecule has 0 aliphatic carbocycles. The number of benzene rings is 2. The molecule has 166 valence electrons. The largest absolute Gasteiger partial charge is 0.493 e. The highest BCUT2D eigenvalue weighted by Crippen LogP contribution is 2.22. The standard InChI is InChI=1S/C25H33N3O3/c1-4-31-22-11-7-6-10-21(22)24(29)27-23(18(2)3)25(30)26-19-12-14-20(15-13-19)28-16-8-5-9-17-28/h6-7,10-15,18,23H,4-5,8-9,16-17H2,1-3H3,(H,26,30)(H,27,29). The Hall–Kier alpha value is -3.02. The molecule has 1 unspecified atom stereocenters. The Balaban J connectivity index is 1.66. The molecule has 1 saturated heterocycles. The number of rotatable bonds is 8. The Bertz CT molecular complexity index is 874. The molecule has 0 saturated carbocycles. The van der Waals surface area contributed by atoms with Crippen molar-refractivity contribution in [3.05, 3.63) is 54.1 Å². The van der Waals surface area contributed by atoms with Crippen LogP contribution in [0.25, 0.3) is 0 Å². The number of piperidine rings is 1. The van der Waals surface area contributed by atoms with Gasteiger partial charge in [-0.1, -0.05) is 26.0 Å². The van der Waals surface area contributed by atoms with Gasteiger partial charge in [-0.25, -0.2) is 0 Å². The molecule has 6 heteroatoms. The van der Waals surface area contributed by atoms with Crippen molar-refractivity contribution >= 4 is 23.2 Å². The molecule has 3 rings (SSSR count). The Labute approximate surface area is 185 Å². The third kappa shape index (κ3) is 6.00. The smallest absolute Gasteiger partial charge is 0.255 e. The van der Waals surface area contributed by atoms with Crippen LogP contribution in [-0.4, -0.2) is 37.6 Å². The number of amides is 2. The Morgan fingerprint density at radius 3 is 2.32 bits per heavy atom. The summed E-state index contributed by atoms with van der Waals surface area (Å²) in [5.41, 5.74) is 2.33. The molecule has 0 aromatic heterocycles. The van der Waals surface area contributed by atoms with Crippen molar-refractivity contribution in [3.63, 3.8) is 0 Å². The number of anilines is 2. The number of para-hydroxylation sites is 1. The summed E-state index contributed by atoms with van der Waals surface area (Å²) in [6.07, 6.45) is 3.74. The molecule has 6 nitrogen and oxygen atoms in total. The summed E-state index contributed by atoms with van der Waals surface area (Å²) in [5, 5.41) is 5.82. The van der Waals surface area contributed by atoms with E-state index in [0.717, 1.165) is 18.8 Å². The molecule has 0 spiro atoms. The summed E-state index contributed by atoms with van der Waals surface area (Å²) < 4.78 is 5.55. The predicted octanol–water partition coefficient (Wildman–Crippen LogP) is 4.47. The SMILES string of the molecule is CCOc1ccccc1C(=O)NC(C(=O)Nc1ccc(N2CCCCC2)cc1)C(C)C. The predicted molar refractivity (Wildman–Crippen MR) is 125 cm³/mol. The van der Waals surface area contributed by atoms with Gasteiger partial charge in [0.15, 0.2) is 0 Å². The van der Waals surface area contributed by atoms with E-state index in [1.54, 1.807) is 18.2 Å². The van der Waals surface area contributed by atoms with Crippen molar-refractivity contribution in [2.24, 2.45) is 5.92 Å². The van der Waals surface area contributed by atoms with Crippen molar-refractivity contribution in [1.29, 1.82) is 0 Å². The third-order valence-corrected chi connectivity index (χ3v) is 5.52. The van der Waals surface area contributed by atoms with E-state index in [-0.39, 0.29) is 17.7 Å². The number of hydrogen-bond acceptors (Lipinski definition) is 4. The molecule has 31 heavy (non-hydrogen) atoms. The molecular weight excluding hydrogens is 390 g/mol. The van der Waals surface area contributed by atoms with Crippen LogP contribution in [0.5, 0.6) is 5.75 Å². The molecule has 0 radical (unpaired) electrons. The first-order valence-corrected chi connectivity index (χ1v) is 11.2. The van der Waals surface area contributed by atoms with Crippen LogP contribution < -0.4 is 20.3 Å². The van der Waals surface area contributed by atoms with Gasteiger partial charge in [0.05, 0.1) is 12.2 Å². The van der Waals surface area contributed by atoms with E-state index in [0.29, 0.717) is 17.9 Å². The summed E-state index contributed by atoms with van der Waals surface area (Å²) in [4.78, 5) is 28.2. The minimum atomic E-state index is -0.663. The van der Waals surface area contributed by atoms with Crippen LogP contribution >= 0.6 is 0 Å². The number of hydrogen-bond donors (Lipinski definition) is 2. The summed E-state index contributed by atoms with van der Waals surface area (Å²) in [6.45, 7) is 8.32. The van der Waals surface area contributed by atoms with Crippen molar-refractivity contribution in [3.8, 4) is 5.75 Å². The number of nitrogens with zero attached hydrogens (tertiary/aromatic N) is 1. The molecule has 1 aliphatic rings. The van der Waals surface area contributed by atoms with Crippen LogP contribution in [0.4, 0.5) is 11.4 Å². The fraction of sp³-hybridized carbons (Fsp3) is 0.440. The second kappa shape index (κ2) is 10.8. The monoisotopic (exact) mass is 423 g/mol. The van der Waals surface area contributed by atoms with Crippen LogP contribution in [0.15, 0.2) is 48.5 Å². The van der Waals surface area contributed by atoms with E-state index in [4.69, 9.17) is 4.74 Å². The Morgan fingerprint density at radius 1 is 1.00 bits per heavy atom. The van der Waals surface area contributed by atoms with Crippen LogP contribution in [0, 0.1) is 5.92 Å². The molecule has 2 aromatic carbocycles. The summed E-state index contributed by atoms with van der Waals surface area (Å²) in [6, 6.07) is 14.3. The summed E-state index contributed by atoms with van der Waals surface area (Å²) in [5.74, 6) is -0.115. The number of carbonyl (C=O) groups is 2. The van der Waals surface area contributed by atoms with E-state index in [1.165, 1.54) is 24.9 Å². The van der Waals surface area contributed by atoms with Gasteiger partial charge in [0.25, 0.3) is 5.91 Å². The van der Waals surface area contributed by atoms with E-state index in [1.807, 2.05) is 51.1 Å². The number of nitrogens with one attached hydrogen (secondary N) is 2. The lowest BCUT2D eigenvalue weighted by molar-refractivity contribution is -0.118. The van der Waals surface area contributed by atoms with Gasteiger partial charge in [0, 0.05) is 24.5 Å². The first-order valence-electron chi connectivity index (χ1n) is 11.2. The maximum absolute atomic E-state index is 13.0. The fourth-order valence-electron chi connectivity index (χ4n) is 3.82. The average molecular weight is 424 g/mol. The van der Waals surface area contributed by atoms with E-state index >= 15 is 0 Å². The molecule has 2 amide bonds. The maximum Gasteiger partial charge on any atom is 0.255 e. The average Bonchev–Trinajstić information content (AvgIpc) is 2.78. The van der Waals surface area contributed by atoms with Crippen molar-refractivity contribution in [2.45, 2.75) is 46.1 Å². The lowest BCUT2D eigenvalue weighted by atomic mass is 10.0. The summed E-state index contributed by atoms with van der Waals surface area (Å²) >= 11 is 0. The fourth-order valence-corrected chi connectivity index (χ4v) is 3.82. The van der Waals surface area contributed by atoms with Gasteiger partial charge in [0.2, 0.25) is 5.91 Å². The molecule has 0 bridgehead atoms. The zero-order chi connectivity index (χ0) is 22.2. The van der Waals surface area contributed by atoms with E-state index in [2.05, 4.69) is 15.5 Å². The first-order chi connectivity index (χ1) is 15.0. The molecule has 1 atom stereocenters. The van der Waals surface area contributed by atoms with E-state index in [9.17, 15) is 9.59 Å². The normalized spacial score (nSPS) is 14.8. The van der Waals surface area contributed by atoms with Crippen LogP contribution in [0.1, 0.15) is 50.4 Å². The minimum absolute atomic E-state index is 0.0733. The van der Waals surface area contributed by atoms with Crippen molar-refractivity contribution < 1.29 is 14.3 Å².